The first-order chi connectivity index (χ1) is 14.5. The zero-order chi connectivity index (χ0) is 21.3. The number of thioether (sulfide) groups is 1. The lowest BCUT2D eigenvalue weighted by Gasteiger charge is -2.33. The second kappa shape index (κ2) is 8.57. The van der Waals surface area contributed by atoms with Crippen LogP contribution in [0.2, 0.25) is 5.02 Å². The van der Waals surface area contributed by atoms with E-state index in [0.29, 0.717) is 15.9 Å². The van der Waals surface area contributed by atoms with Crippen LogP contribution in [0, 0.1) is 6.92 Å². The van der Waals surface area contributed by atoms with Crippen molar-refractivity contribution >= 4 is 35.0 Å². The van der Waals surface area contributed by atoms with E-state index in [9.17, 15) is 4.79 Å². The van der Waals surface area contributed by atoms with Gasteiger partial charge in [-0.1, -0.05) is 54.0 Å². The van der Waals surface area contributed by atoms with Gasteiger partial charge in [0.1, 0.15) is 11.0 Å². The number of benzene rings is 2. The van der Waals surface area contributed by atoms with E-state index in [1.54, 1.807) is 13.2 Å². The Kier molecular flexibility index (Phi) is 5.87. The molecule has 2 heterocycles. The highest BCUT2D eigenvalue weighted by molar-refractivity contribution is 8.00. The van der Waals surface area contributed by atoms with Crippen LogP contribution in [0.5, 0.6) is 5.75 Å². The van der Waals surface area contributed by atoms with E-state index in [-0.39, 0.29) is 11.9 Å². The third-order valence-corrected chi connectivity index (χ3v) is 6.44. The van der Waals surface area contributed by atoms with Crippen molar-refractivity contribution in [3.8, 4) is 5.75 Å². The number of aromatic nitrogens is 3. The summed E-state index contributed by atoms with van der Waals surface area (Å²) in [5, 5.41) is 12.2. The van der Waals surface area contributed by atoms with Gasteiger partial charge < -0.3 is 15.5 Å². The minimum atomic E-state index is -0.475. The fourth-order valence-corrected chi connectivity index (χ4v) is 4.67. The first kappa shape index (κ1) is 20.6. The van der Waals surface area contributed by atoms with Gasteiger partial charge in [0.15, 0.2) is 5.82 Å². The second-order valence-corrected chi connectivity index (χ2v) is 8.50. The molecule has 0 saturated heterocycles. The topological polar surface area (TPSA) is 81.1 Å². The van der Waals surface area contributed by atoms with E-state index in [2.05, 4.69) is 20.9 Å². The summed E-state index contributed by atoms with van der Waals surface area (Å²) in [6.45, 7) is 4.02. The molecule has 0 unspecified atom stereocenters. The predicted octanol–water partition coefficient (Wildman–Crippen LogP) is 4.21. The molecule has 0 saturated carbocycles. The molecule has 30 heavy (non-hydrogen) atoms. The lowest BCUT2D eigenvalue weighted by Crippen LogP contribution is -2.41. The Hall–Kier alpha value is -2.71. The summed E-state index contributed by atoms with van der Waals surface area (Å²) in [5.41, 5.74) is 6.17. The number of nitrogens with one attached hydrogen (secondary N) is 2. The predicted molar refractivity (Wildman–Crippen MR) is 119 cm³/mol. The molecular formula is C21H22ClN5O2S. The molecule has 1 aromatic heterocycles. The van der Waals surface area contributed by atoms with Gasteiger partial charge in [-0.2, -0.15) is 0 Å². The first-order valence-corrected chi connectivity index (χ1v) is 10.8. The standard InChI is InChI=1S/C21H22ClN5O2S/c1-4-17-24-25-21-27(17)26-18(13-7-10-16(29-3)15(22)11-13)19(30-21)20(28)23-14-8-5-12(2)6-9-14/h5-11,18-19,26H,4H2,1-3H3,(H,23,28)/t18-,19-/m1/s1. The van der Waals surface area contributed by atoms with Gasteiger partial charge in [-0.25, -0.2) is 4.68 Å². The number of rotatable bonds is 5. The zero-order valence-electron chi connectivity index (χ0n) is 16.8. The highest BCUT2D eigenvalue weighted by Crippen LogP contribution is 2.39. The Labute approximate surface area is 184 Å². The van der Waals surface area contributed by atoms with Crippen LogP contribution >= 0.6 is 23.4 Å². The third kappa shape index (κ3) is 3.97. The van der Waals surface area contributed by atoms with Crippen molar-refractivity contribution in [3.63, 3.8) is 0 Å². The molecule has 2 N–H and O–H groups in total. The fourth-order valence-electron chi connectivity index (χ4n) is 3.30. The Morgan fingerprint density at radius 2 is 2.03 bits per heavy atom. The molecule has 3 aromatic rings. The highest BCUT2D eigenvalue weighted by Gasteiger charge is 2.38. The number of amides is 1. The number of nitrogens with zero attached hydrogens (tertiary/aromatic N) is 3. The van der Waals surface area contributed by atoms with Crippen LogP contribution < -0.4 is 15.5 Å². The number of aryl methyl sites for hydroxylation is 2. The first-order valence-electron chi connectivity index (χ1n) is 9.58. The minimum Gasteiger partial charge on any atom is -0.495 e. The summed E-state index contributed by atoms with van der Waals surface area (Å²) in [4.78, 5) is 13.2. The molecule has 1 amide bonds. The van der Waals surface area contributed by atoms with Crippen molar-refractivity contribution in [2.24, 2.45) is 0 Å². The highest BCUT2D eigenvalue weighted by atomic mass is 35.5. The summed E-state index contributed by atoms with van der Waals surface area (Å²) >= 11 is 7.75. The number of hydrogen-bond acceptors (Lipinski definition) is 6. The van der Waals surface area contributed by atoms with Crippen molar-refractivity contribution in [1.29, 1.82) is 0 Å². The molecular weight excluding hydrogens is 422 g/mol. The number of halogens is 1. The van der Waals surface area contributed by atoms with Crippen LogP contribution in [0.1, 0.15) is 29.9 Å². The molecule has 7 nitrogen and oxygen atoms in total. The molecule has 2 aromatic carbocycles. The number of ether oxygens (including phenoxy) is 1. The van der Waals surface area contributed by atoms with E-state index in [4.69, 9.17) is 16.3 Å². The van der Waals surface area contributed by atoms with Crippen LogP contribution in [0.25, 0.3) is 0 Å². The minimum absolute atomic E-state index is 0.124. The molecule has 2 atom stereocenters. The van der Waals surface area contributed by atoms with E-state index < -0.39 is 5.25 Å². The lowest BCUT2D eigenvalue weighted by molar-refractivity contribution is -0.116. The number of carbonyl (C=O) groups excluding carboxylic acids is 1. The van der Waals surface area contributed by atoms with Crippen LogP contribution in [-0.4, -0.2) is 33.1 Å². The maximum atomic E-state index is 13.2. The SMILES string of the molecule is CCc1nnc2n1N[C@H](c1ccc(OC)c(Cl)c1)[C@H](C(=O)Nc1ccc(C)cc1)S2. The van der Waals surface area contributed by atoms with Crippen molar-refractivity contribution in [3.05, 3.63) is 64.4 Å². The average molecular weight is 444 g/mol. The Balaban J connectivity index is 1.68. The van der Waals surface area contributed by atoms with Crippen LogP contribution in [0.15, 0.2) is 47.6 Å². The van der Waals surface area contributed by atoms with Gasteiger partial charge in [-0.3, -0.25) is 4.79 Å². The summed E-state index contributed by atoms with van der Waals surface area (Å²) in [6.07, 6.45) is 0.719. The summed E-state index contributed by atoms with van der Waals surface area (Å²) < 4.78 is 7.12. The van der Waals surface area contributed by atoms with Crippen molar-refractivity contribution in [2.45, 2.75) is 36.7 Å². The van der Waals surface area contributed by atoms with Gasteiger partial charge in [0.25, 0.3) is 0 Å². The molecule has 4 rings (SSSR count). The molecule has 0 spiro atoms. The van der Waals surface area contributed by atoms with E-state index >= 15 is 0 Å². The molecule has 0 bridgehead atoms. The maximum Gasteiger partial charge on any atom is 0.240 e. The Morgan fingerprint density at radius 1 is 1.27 bits per heavy atom. The summed E-state index contributed by atoms with van der Waals surface area (Å²) in [6, 6.07) is 12.9. The van der Waals surface area contributed by atoms with Gasteiger partial charge in [-0.15, -0.1) is 10.2 Å². The number of methoxy groups -OCH3 is 1. The van der Waals surface area contributed by atoms with Crippen molar-refractivity contribution < 1.29 is 9.53 Å². The monoisotopic (exact) mass is 443 g/mol. The van der Waals surface area contributed by atoms with Crippen LogP contribution in [-0.2, 0) is 11.2 Å². The van der Waals surface area contributed by atoms with E-state index in [1.807, 2.05) is 54.9 Å². The average Bonchev–Trinajstić information content (AvgIpc) is 3.16. The van der Waals surface area contributed by atoms with Gasteiger partial charge in [-0.05, 0) is 36.8 Å². The molecule has 156 valence electrons. The van der Waals surface area contributed by atoms with Crippen molar-refractivity contribution in [2.75, 3.05) is 17.9 Å². The molecule has 0 radical (unpaired) electrons. The molecule has 9 heteroatoms. The number of carbonyl (C=O) groups is 1. The smallest absolute Gasteiger partial charge is 0.240 e. The number of hydrogen-bond donors (Lipinski definition) is 2. The van der Waals surface area contributed by atoms with Gasteiger partial charge in [0.05, 0.1) is 18.2 Å². The number of fused-ring (bicyclic) bond motifs is 1. The van der Waals surface area contributed by atoms with Gasteiger partial charge >= 0.3 is 0 Å². The van der Waals surface area contributed by atoms with E-state index in [0.717, 1.165) is 29.1 Å². The lowest BCUT2D eigenvalue weighted by atomic mass is 10.0. The second-order valence-electron chi connectivity index (χ2n) is 6.98. The molecule has 1 aliphatic rings. The maximum absolute atomic E-state index is 13.2. The van der Waals surface area contributed by atoms with Gasteiger partial charge in [0, 0.05) is 12.1 Å². The summed E-state index contributed by atoms with van der Waals surface area (Å²) in [7, 11) is 1.57. The Morgan fingerprint density at radius 3 is 2.70 bits per heavy atom. The quantitative estimate of drug-likeness (QED) is 0.614. The van der Waals surface area contributed by atoms with Crippen LogP contribution in [0.4, 0.5) is 5.69 Å². The normalized spacial score (nSPS) is 17.7. The molecule has 0 aliphatic carbocycles. The molecule has 0 fully saturated rings. The largest absolute Gasteiger partial charge is 0.495 e. The molecule has 1 aliphatic heterocycles. The fraction of sp³-hybridized carbons (Fsp3) is 0.286. The van der Waals surface area contributed by atoms with Crippen LogP contribution in [0.3, 0.4) is 0 Å². The number of anilines is 1. The van der Waals surface area contributed by atoms with Crippen molar-refractivity contribution in [1.82, 2.24) is 14.9 Å². The Bertz CT molecular complexity index is 1070. The van der Waals surface area contributed by atoms with Gasteiger partial charge in [0.2, 0.25) is 11.1 Å². The summed E-state index contributed by atoms with van der Waals surface area (Å²) in [5.74, 6) is 1.27. The zero-order valence-corrected chi connectivity index (χ0v) is 18.4. The third-order valence-electron chi connectivity index (χ3n) is 4.93. The van der Waals surface area contributed by atoms with E-state index in [1.165, 1.54) is 11.8 Å².